The number of methoxy groups -OCH3 is 1. The van der Waals surface area contributed by atoms with Crippen molar-refractivity contribution in [2.24, 2.45) is 5.41 Å². The van der Waals surface area contributed by atoms with Gasteiger partial charge in [0.1, 0.15) is 6.10 Å². The second-order valence-electron chi connectivity index (χ2n) is 5.72. The highest BCUT2D eigenvalue weighted by Crippen LogP contribution is 2.34. The van der Waals surface area contributed by atoms with Crippen molar-refractivity contribution in [2.75, 3.05) is 12.8 Å². The molecule has 5 heteroatoms. The quantitative estimate of drug-likeness (QED) is 0.930. The van der Waals surface area contributed by atoms with Gasteiger partial charge in [0.2, 0.25) is 5.95 Å². The zero-order chi connectivity index (χ0) is 14.8. The van der Waals surface area contributed by atoms with Crippen molar-refractivity contribution in [3.63, 3.8) is 0 Å². The van der Waals surface area contributed by atoms with Gasteiger partial charge in [-0.1, -0.05) is 51.1 Å². The maximum atomic E-state index is 5.81. The Morgan fingerprint density at radius 2 is 1.70 bits per heavy atom. The molecule has 0 saturated heterocycles. The molecule has 0 spiro atoms. The maximum Gasteiger partial charge on any atom is 0.223 e. The van der Waals surface area contributed by atoms with Gasteiger partial charge >= 0.3 is 0 Å². The Morgan fingerprint density at radius 1 is 1.05 bits per heavy atom. The smallest absolute Gasteiger partial charge is 0.223 e. The van der Waals surface area contributed by atoms with Crippen LogP contribution in [0.25, 0.3) is 11.4 Å². The fourth-order valence-electron chi connectivity index (χ4n) is 2.09. The van der Waals surface area contributed by atoms with Gasteiger partial charge in [-0.05, 0) is 5.41 Å². The Morgan fingerprint density at radius 3 is 2.25 bits per heavy atom. The van der Waals surface area contributed by atoms with E-state index in [1.54, 1.807) is 7.11 Å². The summed E-state index contributed by atoms with van der Waals surface area (Å²) in [7, 11) is 1.65. The van der Waals surface area contributed by atoms with Crippen LogP contribution >= 0.6 is 0 Å². The number of hydrogen-bond donors (Lipinski definition) is 1. The summed E-state index contributed by atoms with van der Waals surface area (Å²) in [5, 5.41) is 0. The van der Waals surface area contributed by atoms with E-state index in [1.807, 2.05) is 30.3 Å². The van der Waals surface area contributed by atoms with Crippen LogP contribution in [0.5, 0.6) is 0 Å². The van der Waals surface area contributed by atoms with Gasteiger partial charge in [-0.15, -0.1) is 0 Å². The second kappa shape index (κ2) is 5.54. The van der Waals surface area contributed by atoms with E-state index in [0.717, 1.165) is 5.56 Å². The number of benzene rings is 1. The lowest BCUT2D eigenvalue weighted by Gasteiger charge is -2.28. The second-order valence-corrected chi connectivity index (χ2v) is 5.72. The highest BCUT2D eigenvalue weighted by atomic mass is 16.5. The lowest BCUT2D eigenvalue weighted by atomic mass is 9.88. The molecular weight excluding hydrogens is 252 g/mol. The average Bonchev–Trinajstić information content (AvgIpc) is 2.38. The predicted molar refractivity (Wildman–Crippen MR) is 78.9 cm³/mol. The fourth-order valence-corrected chi connectivity index (χ4v) is 2.09. The van der Waals surface area contributed by atoms with Crippen LogP contribution in [-0.4, -0.2) is 22.1 Å². The minimum Gasteiger partial charge on any atom is -0.373 e. The van der Waals surface area contributed by atoms with Crippen molar-refractivity contribution in [1.29, 1.82) is 0 Å². The third kappa shape index (κ3) is 3.11. The number of rotatable bonds is 3. The van der Waals surface area contributed by atoms with Crippen molar-refractivity contribution in [1.82, 2.24) is 15.0 Å². The van der Waals surface area contributed by atoms with Crippen LogP contribution in [0.3, 0.4) is 0 Å². The average molecular weight is 272 g/mol. The lowest BCUT2D eigenvalue weighted by Crippen LogP contribution is -2.23. The molecule has 0 fully saturated rings. The van der Waals surface area contributed by atoms with Crippen molar-refractivity contribution >= 4 is 5.95 Å². The Kier molecular flexibility index (Phi) is 3.99. The summed E-state index contributed by atoms with van der Waals surface area (Å²) in [5.41, 5.74) is 6.60. The van der Waals surface area contributed by atoms with Crippen molar-refractivity contribution in [3.8, 4) is 11.4 Å². The molecule has 0 bridgehead atoms. The molecule has 106 valence electrons. The molecule has 0 aliphatic carbocycles. The molecule has 1 aromatic heterocycles. The molecule has 0 aliphatic heterocycles. The third-order valence-electron chi connectivity index (χ3n) is 2.96. The topological polar surface area (TPSA) is 73.9 Å². The van der Waals surface area contributed by atoms with Crippen molar-refractivity contribution < 1.29 is 4.74 Å². The van der Waals surface area contributed by atoms with Crippen LogP contribution in [0, 0.1) is 5.41 Å². The summed E-state index contributed by atoms with van der Waals surface area (Å²) in [4.78, 5) is 12.9. The van der Waals surface area contributed by atoms with Gasteiger partial charge in [-0.25, -0.2) is 4.98 Å². The molecule has 1 unspecified atom stereocenters. The van der Waals surface area contributed by atoms with E-state index in [0.29, 0.717) is 11.6 Å². The third-order valence-corrected chi connectivity index (χ3v) is 2.96. The number of ether oxygens (including phenoxy) is 1. The number of nitrogens with zero attached hydrogens (tertiary/aromatic N) is 3. The van der Waals surface area contributed by atoms with Crippen LogP contribution in [0.15, 0.2) is 30.3 Å². The molecule has 1 atom stereocenters. The van der Waals surface area contributed by atoms with Crippen LogP contribution in [0.2, 0.25) is 0 Å². The first-order chi connectivity index (χ1) is 9.41. The Bertz CT molecular complexity index is 578. The van der Waals surface area contributed by atoms with E-state index in [-0.39, 0.29) is 17.5 Å². The van der Waals surface area contributed by atoms with Crippen LogP contribution in [-0.2, 0) is 4.74 Å². The van der Waals surface area contributed by atoms with Crippen molar-refractivity contribution in [2.45, 2.75) is 26.9 Å². The molecule has 1 heterocycles. The highest BCUT2D eigenvalue weighted by Gasteiger charge is 2.29. The van der Waals surface area contributed by atoms with Crippen LogP contribution < -0.4 is 5.73 Å². The highest BCUT2D eigenvalue weighted by molar-refractivity contribution is 5.55. The van der Waals surface area contributed by atoms with E-state index in [9.17, 15) is 0 Å². The summed E-state index contributed by atoms with van der Waals surface area (Å²) in [6.45, 7) is 6.22. The number of nitrogen functional groups attached to an aromatic ring is 1. The zero-order valence-corrected chi connectivity index (χ0v) is 12.3. The molecule has 2 rings (SSSR count). The number of anilines is 1. The molecule has 0 amide bonds. The van der Waals surface area contributed by atoms with Gasteiger partial charge in [0.15, 0.2) is 11.6 Å². The van der Waals surface area contributed by atoms with Gasteiger partial charge in [-0.2, -0.15) is 9.97 Å². The molecular formula is C15H20N4O. The molecule has 0 radical (unpaired) electrons. The minimum absolute atomic E-state index is 0.128. The van der Waals surface area contributed by atoms with E-state index in [1.165, 1.54) is 0 Å². The zero-order valence-electron chi connectivity index (χ0n) is 12.3. The number of aromatic nitrogens is 3. The van der Waals surface area contributed by atoms with E-state index in [2.05, 4.69) is 35.7 Å². The molecule has 5 nitrogen and oxygen atoms in total. The largest absolute Gasteiger partial charge is 0.373 e. The lowest BCUT2D eigenvalue weighted by molar-refractivity contribution is 0.00872. The Labute approximate surface area is 119 Å². The first-order valence-electron chi connectivity index (χ1n) is 6.51. The molecule has 1 aromatic carbocycles. The normalized spacial score (nSPS) is 13.2. The first-order valence-corrected chi connectivity index (χ1v) is 6.51. The van der Waals surface area contributed by atoms with E-state index < -0.39 is 0 Å². The van der Waals surface area contributed by atoms with Gasteiger partial charge in [0.25, 0.3) is 0 Å². The maximum absolute atomic E-state index is 5.81. The molecule has 20 heavy (non-hydrogen) atoms. The van der Waals surface area contributed by atoms with E-state index in [4.69, 9.17) is 10.5 Å². The predicted octanol–water partition coefficient (Wildman–Crippen LogP) is 2.85. The monoisotopic (exact) mass is 272 g/mol. The fraction of sp³-hybridized carbons (Fsp3) is 0.400. The summed E-state index contributed by atoms with van der Waals surface area (Å²) in [6.07, 6.45) is -0.240. The van der Waals surface area contributed by atoms with Gasteiger partial charge in [-0.3, -0.25) is 0 Å². The van der Waals surface area contributed by atoms with Gasteiger partial charge < -0.3 is 10.5 Å². The van der Waals surface area contributed by atoms with Crippen LogP contribution in [0.4, 0.5) is 5.95 Å². The van der Waals surface area contributed by atoms with Gasteiger partial charge in [0, 0.05) is 12.7 Å². The summed E-state index contributed by atoms with van der Waals surface area (Å²) >= 11 is 0. The van der Waals surface area contributed by atoms with Crippen molar-refractivity contribution in [3.05, 3.63) is 36.2 Å². The van der Waals surface area contributed by atoms with E-state index >= 15 is 0 Å². The van der Waals surface area contributed by atoms with Gasteiger partial charge in [0.05, 0.1) is 0 Å². The molecule has 0 aliphatic rings. The summed E-state index contributed by atoms with van der Waals surface area (Å²) in [6, 6.07) is 9.70. The SMILES string of the molecule is COC(c1nc(N)nc(-c2ccccc2)n1)C(C)(C)C. The Hall–Kier alpha value is -2.01. The number of nitrogens with two attached hydrogens (primary N) is 1. The first kappa shape index (κ1) is 14.4. The summed E-state index contributed by atoms with van der Waals surface area (Å²) in [5.74, 6) is 1.34. The molecule has 0 saturated carbocycles. The van der Waals surface area contributed by atoms with Crippen LogP contribution in [0.1, 0.15) is 32.7 Å². The number of hydrogen-bond acceptors (Lipinski definition) is 5. The summed E-state index contributed by atoms with van der Waals surface area (Å²) < 4.78 is 5.54. The Balaban J connectivity index is 2.49. The molecule has 2 aromatic rings. The minimum atomic E-state index is -0.240. The molecule has 2 N–H and O–H groups in total. The standard InChI is InChI=1S/C15H20N4O/c1-15(2,3)11(20-4)13-17-12(18-14(16)19-13)10-8-6-5-7-9-10/h5-9,11H,1-4H3,(H2,16,17,18,19).